The van der Waals surface area contributed by atoms with Crippen LogP contribution in [0.5, 0.6) is 0 Å². The Morgan fingerprint density at radius 2 is 2.29 bits per heavy atom. The van der Waals surface area contributed by atoms with Gasteiger partial charge in [0.1, 0.15) is 4.99 Å². The van der Waals surface area contributed by atoms with E-state index in [1.54, 1.807) is 16.9 Å². The molecule has 0 spiro atoms. The number of nitrogens with zero attached hydrogens (tertiary/aromatic N) is 2. The van der Waals surface area contributed by atoms with Crippen LogP contribution in [0.1, 0.15) is 5.56 Å². The Labute approximate surface area is 109 Å². The number of aryl methyl sites for hydroxylation is 1. The van der Waals surface area contributed by atoms with Crippen molar-refractivity contribution in [3.8, 4) is 0 Å². The molecule has 0 amide bonds. The summed E-state index contributed by atoms with van der Waals surface area (Å²) in [5.74, 6) is 0. The van der Waals surface area contributed by atoms with Crippen molar-refractivity contribution in [1.29, 1.82) is 0 Å². The third-order valence-electron chi connectivity index (χ3n) is 2.24. The molecular formula is C11H11ClN4S. The van der Waals surface area contributed by atoms with Gasteiger partial charge < -0.3 is 11.1 Å². The molecule has 1 aromatic heterocycles. The van der Waals surface area contributed by atoms with Crippen molar-refractivity contribution in [2.75, 3.05) is 5.32 Å². The number of halogens is 1. The van der Waals surface area contributed by atoms with E-state index in [4.69, 9.17) is 29.6 Å². The molecular weight excluding hydrogens is 256 g/mol. The number of anilines is 2. The summed E-state index contributed by atoms with van der Waals surface area (Å²) < 4.78 is 1.71. The first-order chi connectivity index (χ1) is 8.06. The Balaban J connectivity index is 2.25. The van der Waals surface area contributed by atoms with E-state index in [9.17, 15) is 0 Å². The maximum atomic E-state index is 6.13. The van der Waals surface area contributed by atoms with Gasteiger partial charge in [-0.3, -0.25) is 4.68 Å². The van der Waals surface area contributed by atoms with Crippen LogP contribution in [0.15, 0.2) is 30.6 Å². The number of thiocarbonyl (C=S) groups is 1. The topological polar surface area (TPSA) is 55.9 Å². The number of nitrogens with one attached hydrogen (secondary N) is 1. The van der Waals surface area contributed by atoms with Gasteiger partial charge in [-0.2, -0.15) is 5.10 Å². The molecule has 4 nitrogen and oxygen atoms in total. The summed E-state index contributed by atoms with van der Waals surface area (Å²) in [7, 11) is 1.85. The zero-order chi connectivity index (χ0) is 12.4. The Bertz CT molecular complexity index is 564. The summed E-state index contributed by atoms with van der Waals surface area (Å²) in [6.45, 7) is 0. The van der Waals surface area contributed by atoms with Gasteiger partial charge in [-0.25, -0.2) is 0 Å². The van der Waals surface area contributed by atoms with Crippen LogP contribution in [-0.4, -0.2) is 14.8 Å². The minimum Gasteiger partial charge on any atom is -0.389 e. The van der Waals surface area contributed by atoms with E-state index in [0.717, 1.165) is 16.9 Å². The summed E-state index contributed by atoms with van der Waals surface area (Å²) in [6, 6.07) is 5.40. The Morgan fingerprint density at radius 3 is 2.82 bits per heavy atom. The highest BCUT2D eigenvalue weighted by Gasteiger charge is 2.04. The Hall–Kier alpha value is -1.59. The van der Waals surface area contributed by atoms with E-state index >= 15 is 0 Å². The maximum Gasteiger partial charge on any atom is 0.104 e. The molecule has 0 aliphatic carbocycles. The lowest BCUT2D eigenvalue weighted by atomic mass is 10.2. The SMILES string of the molecule is Cn1cc(Nc2ccc(C(N)=S)cc2Cl)cn1. The minimum atomic E-state index is 0.333. The van der Waals surface area contributed by atoms with Crippen molar-refractivity contribution >= 4 is 40.2 Å². The zero-order valence-electron chi connectivity index (χ0n) is 9.14. The van der Waals surface area contributed by atoms with E-state index in [1.807, 2.05) is 25.4 Å². The fourth-order valence-electron chi connectivity index (χ4n) is 1.41. The number of rotatable bonds is 3. The van der Waals surface area contributed by atoms with E-state index in [0.29, 0.717) is 10.0 Å². The van der Waals surface area contributed by atoms with Crippen LogP contribution < -0.4 is 11.1 Å². The fourth-order valence-corrected chi connectivity index (χ4v) is 1.77. The first kappa shape index (κ1) is 11.9. The first-order valence-corrected chi connectivity index (χ1v) is 5.70. The van der Waals surface area contributed by atoms with Crippen LogP contribution in [0, 0.1) is 0 Å². The normalized spacial score (nSPS) is 10.2. The highest BCUT2D eigenvalue weighted by atomic mass is 35.5. The van der Waals surface area contributed by atoms with Gasteiger partial charge in [0.05, 0.1) is 22.6 Å². The van der Waals surface area contributed by atoms with Crippen molar-refractivity contribution < 1.29 is 0 Å². The van der Waals surface area contributed by atoms with Crippen LogP contribution in [0.3, 0.4) is 0 Å². The number of nitrogens with two attached hydrogens (primary N) is 1. The molecule has 3 N–H and O–H groups in total. The van der Waals surface area contributed by atoms with Crippen molar-refractivity contribution in [1.82, 2.24) is 9.78 Å². The number of hydrogen-bond acceptors (Lipinski definition) is 3. The second-order valence-electron chi connectivity index (χ2n) is 3.59. The predicted molar refractivity (Wildman–Crippen MR) is 73.8 cm³/mol. The molecule has 2 aromatic rings. The van der Waals surface area contributed by atoms with E-state index in [2.05, 4.69) is 10.4 Å². The van der Waals surface area contributed by atoms with Gasteiger partial charge in [-0.05, 0) is 18.2 Å². The van der Waals surface area contributed by atoms with Gasteiger partial charge >= 0.3 is 0 Å². The molecule has 2 rings (SSSR count). The average molecular weight is 267 g/mol. The quantitative estimate of drug-likeness (QED) is 0.838. The van der Waals surface area contributed by atoms with Crippen LogP contribution in [-0.2, 0) is 7.05 Å². The van der Waals surface area contributed by atoms with E-state index in [-0.39, 0.29) is 0 Å². The van der Waals surface area contributed by atoms with Crippen molar-refractivity contribution in [2.24, 2.45) is 12.8 Å². The van der Waals surface area contributed by atoms with Gasteiger partial charge in [0.2, 0.25) is 0 Å². The molecule has 0 aliphatic heterocycles. The highest BCUT2D eigenvalue weighted by molar-refractivity contribution is 7.80. The smallest absolute Gasteiger partial charge is 0.104 e. The fraction of sp³-hybridized carbons (Fsp3) is 0.0909. The van der Waals surface area contributed by atoms with Crippen molar-refractivity contribution in [3.05, 3.63) is 41.2 Å². The lowest BCUT2D eigenvalue weighted by molar-refractivity contribution is 0.768. The molecule has 0 fully saturated rings. The van der Waals surface area contributed by atoms with Gasteiger partial charge in [-0.1, -0.05) is 23.8 Å². The lowest BCUT2D eigenvalue weighted by Gasteiger charge is -2.07. The van der Waals surface area contributed by atoms with Gasteiger partial charge in [0, 0.05) is 18.8 Å². The summed E-state index contributed by atoms with van der Waals surface area (Å²) >= 11 is 11.0. The maximum absolute atomic E-state index is 6.13. The molecule has 17 heavy (non-hydrogen) atoms. The number of aromatic nitrogens is 2. The monoisotopic (exact) mass is 266 g/mol. The summed E-state index contributed by atoms with van der Waals surface area (Å²) in [5.41, 5.74) is 7.94. The molecule has 0 aliphatic rings. The molecule has 0 saturated carbocycles. The van der Waals surface area contributed by atoms with Gasteiger partial charge in [0.25, 0.3) is 0 Å². The average Bonchev–Trinajstić information content (AvgIpc) is 2.67. The standard InChI is InChI=1S/C11H11ClN4S/c1-16-6-8(5-14-16)15-10-3-2-7(11(13)17)4-9(10)12/h2-6,15H,1H3,(H2,13,17). The van der Waals surface area contributed by atoms with Crippen LogP contribution >= 0.6 is 23.8 Å². The predicted octanol–water partition coefficient (Wildman–Crippen LogP) is 2.45. The Morgan fingerprint density at radius 1 is 1.53 bits per heavy atom. The number of benzene rings is 1. The molecule has 1 aromatic carbocycles. The van der Waals surface area contributed by atoms with Crippen molar-refractivity contribution in [3.63, 3.8) is 0 Å². The van der Waals surface area contributed by atoms with Crippen molar-refractivity contribution in [2.45, 2.75) is 0 Å². The van der Waals surface area contributed by atoms with Gasteiger partial charge in [-0.15, -0.1) is 0 Å². The lowest BCUT2D eigenvalue weighted by Crippen LogP contribution is -2.09. The molecule has 0 atom stereocenters. The molecule has 0 saturated heterocycles. The highest BCUT2D eigenvalue weighted by Crippen LogP contribution is 2.26. The van der Waals surface area contributed by atoms with E-state index < -0.39 is 0 Å². The number of hydrogen-bond donors (Lipinski definition) is 2. The summed E-state index contributed by atoms with van der Waals surface area (Å²) in [4.78, 5) is 0.333. The van der Waals surface area contributed by atoms with Crippen LogP contribution in [0.2, 0.25) is 5.02 Å². The molecule has 88 valence electrons. The third-order valence-corrected chi connectivity index (χ3v) is 2.79. The molecule has 0 unspecified atom stereocenters. The molecule has 6 heteroatoms. The second kappa shape index (κ2) is 4.73. The first-order valence-electron chi connectivity index (χ1n) is 4.91. The van der Waals surface area contributed by atoms with Gasteiger partial charge in [0.15, 0.2) is 0 Å². The molecule has 1 heterocycles. The second-order valence-corrected chi connectivity index (χ2v) is 4.43. The third kappa shape index (κ3) is 2.75. The van der Waals surface area contributed by atoms with E-state index in [1.165, 1.54) is 0 Å². The van der Waals surface area contributed by atoms with Crippen LogP contribution in [0.25, 0.3) is 0 Å². The van der Waals surface area contributed by atoms with Crippen LogP contribution in [0.4, 0.5) is 11.4 Å². The summed E-state index contributed by atoms with van der Waals surface area (Å²) in [6.07, 6.45) is 3.58. The Kier molecular flexibility index (Phi) is 3.31. The zero-order valence-corrected chi connectivity index (χ0v) is 10.7. The summed E-state index contributed by atoms with van der Waals surface area (Å²) in [5, 5.41) is 7.79. The molecule has 0 radical (unpaired) electrons. The largest absolute Gasteiger partial charge is 0.389 e. The minimum absolute atomic E-state index is 0.333. The molecule has 0 bridgehead atoms.